The maximum Gasteiger partial charge on any atom is 0.410 e. The topological polar surface area (TPSA) is 89.5 Å². The second kappa shape index (κ2) is 13.4. The molecule has 4 atom stereocenters. The minimum absolute atomic E-state index is 0.0597. The Morgan fingerprint density at radius 3 is 2.48 bits per heavy atom. The third kappa shape index (κ3) is 6.51. The lowest BCUT2D eigenvalue weighted by molar-refractivity contribution is 0.0122. The number of halogens is 4. The van der Waals surface area contributed by atoms with Crippen LogP contribution in [0.1, 0.15) is 77.2 Å². The molecule has 5 heterocycles. The molecule has 1 amide bonds. The van der Waals surface area contributed by atoms with Crippen LogP contribution in [0.3, 0.4) is 0 Å². The average molecular weight is 744 g/mol. The van der Waals surface area contributed by atoms with Crippen molar-refractivity contribution in [2.24, 2.45) is 0 Å². The first kappa shape index (κ1) is 35.5. The van der Waals surface area contributed by atoms with Crippen molar-refractivity contribution in [2.75, 3.05) is 51.6 Å². The number of carbonyl (C=O) groups is 1. The van der Waals surface area contributed by atoms with Gasteiger partial charge >= 0.3 is 12.1 Å². The molecule has 0 radical (unpaired) electrons. The van der Waals surface area contributed by atoms with Crippen molar-refractivity contribution in [3.05, 3.63) is 40.4 Å². The molecule has 5 fully saturated rings. The number of benzene rings is 2. The number of hydrogen-bond donors (Lipinski definition) is 0. The molecule has 2 bridgehead atoms. The van der Waals surface area contributed by atoms with Gasteiger partial charge in [0.2, 0.25) is 0 Å². The second-order valence-corrected chi connectivity index (χ2v) is 16.4. The number of piperazine rings is 1. The highest BCUT2D eigenvalue weighted by Gasteiger charge is 2.50. The Hall–Kier alpha value is -3.55. The zero-order valence-electron chi connectivity index (χ0n) is 30.0. The molecular formula is C38H45ClF3N5O5. The Labute approximate surface area is 306 Å². The van der Waals surface area contributed by atoms with Crippen LogP contribution in [0.5, 0.6) is 11.8 Å². The van der Waals surface area contributed by atoms with Gasteiger partial charge in [0.25, 0.3) is 0 Å². The van der Waals surface area contributed by atoms with E-state index in [9.17, 15) is 9.18 Å². The van der Waals surface area contributed by atoms with Gasteiger partial charge < -0.3 is 23.8 Å². The maximum atomic E-state index is 17.2. The highest BCUT2D eigenvalue weighted by molar-refractivity contribution is 6.32. The molecule has 0 spiro atoms. The molecule has 1 aliphatic carbocycles. The van der Waals surface area contributed by atoms with Gasteiger partial charge in [0.05, 0.1) is 23.2 Å². The quantitative estimate of drug-likeness (QED) is 0.205. The Kier molecular flexibility index (Phi) is 9.13. The highest BCUT2D eigenvalue weighted by atomic mass is 35.5. The van der Waals surface area contributed by atoms with E-state index in [0.717, 1.165) is 45.1 Å². The molecule has 280 valence electrons. The molecule has 8 rings (SSSR count). The minimum atomic E-state index is -0.951. The van der Waals surface area contributed by atoms with Gasteiger partial charge in [-0.05, 0) is 101 Å². The molecule has 5 aliphatic rings. The molecule has 1 aromatic heterocycles. The van der Waals surface area contributed by atoms with Crippen LogP contribution in [-0.4, -0.2) is 102 Å². The lowest BCUT2D eigenvalue weighted by Crippen LogP contribution is -2.57. The van der Waals surface area contributed by atoms with Crippen LogP contribution < -0.4 is 14.4 Å². The van der Waals surface area contributed by atoms with Gasteiger partial charge in [0.15, 0.2) is 12.6 Å². The number of nitrogens with zero attached hydrogens (tertiary/aromatic N) is 5. The van der Waals surface area contributed by atoms with Crippen LogP contribution in [0, 0.1) is 11.6 Å². The summed E-state index contributed by atoms with van der Waals surface area (Å²) in [4.78, 5) is 28.5. The Morgan fingerprint density at radius 1 is 1.04 bits per heavy atom. The molecule has 10 nitrogen and oxygen atoms in total. The predicted molar refractivity (Wildman–Crippen MR) is 190 cm³/mol. The fourth-order valence-corrected chi connectivity index (χ4v) is 9.21. The fourth-order valence-electron chi connectivity index (χ4n) is 8.85. The molecule has 4 aliphatic heterocycles. The van der Waals surface area contributed by atoms with Gasteiger partial charge in [0, 0.05) is 43.6 Å². The minimum Gasteiger partial charge on any atom is -0.467 e. The van der Waals surface area contributed by atoms with Gasteiger partial charge in [-0.25, -0.2) is 18.0 Å². The number of methoxy groups -OCH3 is 1. The average Bonchev–Trinajstić information content (AvgIpc) is 3.68. The van der Waals surface area contributed by atoms with Crippen LogP contribution in [0.4, 0.5) is 23.8 Å². The lowest BCUT2D eigenvalue weighted by atomic mass is 9.94. The van der Waals surface area contributed by atoms with Crippen molar-refractivity contribution in [1.82, 2.24) is 19.8 Å². The first-order chi connectivity index (χ1) is 24.8. The van der Waals surface area contributed by atoms with Crippen LogP contribution >= 0.6 is 11.6 Å². The van der Waals surface area contributed by atoms with Gasteiger partial charge in [-0.15, -0.1) is 0 Å². The summed E-state index contributed by atoms with van der Waals surface area (Å²) in [6.45, 7) is 7.50. The number of aromatic nitrogens is 2. The summed E-state index contributed by atoms with van der Waals surface area (Å²) in [6.07, 6.45) is 3.95. The first-order valence-corrected chi connectivity index (χ1v) is 18.7. The molecule has 0 N–H and O–H groups in total. The first-order valence-electron chi connectivity index (χ1n) is 18.3. The molecule has 14 heteroatoms. The predicted octanol–water partition coefficient (Wildman–Crippen LogP) is 7.63. The van der Waals surface area contributed by atoms with Crippen molar-refractivity contribution < 1.29 is 36.9 Å². The summed E-state index contributed by atoms with van der Waals surface area (Å²) in [5.74, 6) is -0.964. The summed E-state index contributed by atoms with van der Waals surface area (Å²) in [7, 11) is 1.48. The van der Waals surface area contributed by atoms with Crippen LogP contribution in [0.25, 0.3) is 22.0 Å². The van der Waals surface area contributed by atoms with Crippen LogP contribution in [-0.2, 0) is 9.47 Å². The molecule has 52 heavy (non-hydrogen) atoms. The summed E-state index contributed by atoms with van der Waals surface area (Å²) in [6, 6.07) is 4.09. The van der Waals surface area contributed by atoms with Crippen molar-refractivity contribution in [2.45, 2.75) is 101 Å². The number of anilines is 1. The Morgan fingerprint density at radius 2 is 1.79 bits per heavy atom. The zero-order valence-corrected chi connectivity index (χ0v) is 30.8. The summed E-state index contributed by atoms with van der Waals surface area (Å²) < 4.78 is 71.1. The van der Waals surface area contributed by atoms with Gasteiger partial charge in [-0.3, -0.25) is 9.80 Å². The summed E-state index contributed by atoms with van der Waals surface area (Å²) in [5, 5.41) is 0.547. The number of ether oxygens (including phenoxy) is 4. The molecule has 2 aromatic carbocycles. The fraction of sp³-hybridized carbons (Fsp3) is 0.605. The molecule has 1 saturated carbocycles. The molecule has 3 aromatic rings. The monoisotopic (exact) mass is 743 g/mol. The normalized spacial score (nSPS) is 26.0. The van der Waals surface area contributed by atoms with E-state index >= 15 is 8.78 Å². The molecular weight excluding hydrogens is 699 g/mol. The zero-order chi connectivity index (χ0) is 36.5. The Balaban J connectivity index is 1.22. The number of hydrogen-bond acceptors (Lipinski definition) is 9. The Bertz CT molecular complexity index is 1880. The van der Waals surface area contributed by atoms with E-state index < -0.39 is 28.9 Å². The third-order valence-corrected chi connectivity index (χ3v) is 11.5. The van der Waals surface area contributed by atoms with Crippen molar-refractivity contribution >= 4 is 34.4 Å². The van der Waals surface area contributed by atoms with E-state index in [1.54, 1.807) is 17.0 Å². The van der Waals surface area contributed by atoms with E-state index in [1.165, 1.54) is 13.2 Å². The number of rotatable bonds is 9. The molecule has 2 unspecified atom stereocenters. The SMILES string of the molecule is COCOc1cc(Cl)c(C2CC2)c(-c2c(F)cc3c(N4CC5CCC(C4)N5C(=O)OC(C)(C)C)nc(OC[C@@]45CCCN4C[C@H](F)C5)nc3c2F)c1. The smallest absolute Gasteiger partial charge is 0.410 e. The lowest BCUT2D eigenvalue weighted by Gasteiger charge is -2.42. The second-order valence-electron chi connectivity index (χ2n) is 16.0. The van der Waals surface area contributed by atoms with Crippen molar-refractivity contribution in [3.63, 3.8) is 0 Å². The van der Waals surface area contributed by atoms with Crippen LogP contribution in [0.2, 0.25) is 5.02 Å². The summed E-state index contributed by atoms with van der Waals surface area (Å²) >= 11 is 6.75. The van der Waals surface area contributed by atoms with E-state index in [2.05, 4.69) is 9.88 Å². The van der Waals surface area contributed by atoms with E-state index in [4.69, 9.17) is 35.5 Å². The highest BCUT2D eigenvalue weighted by Crippen LogP contribution is 2.51. The van der Waals surface area contributed by atoms with Gasteiger partial charge in [0.1, 0.15) is 41.3 Å². The van der Waals surface area contributed by atoms with E-state index in [0.29, 0.717) is 53.8 Å². The number of fused-ring (bicyclic) bond motifs is 4. The molecule has 4 saturated heterocycles. The van der Waals surface area contributed by atoms with Crippen LogP contribution in [0.15, 0.2) is 18.2 Å². The van der Waals surface area contributed by atoms with Gasteiger partial charge in [-0.1, -0.05) is 11.6 Å². The standard InChI is InChI=1S/C38H45ClF3N5O5/c1-37(2,3)52-36(48)47-23-8-9-24(47)18-45(17-23)34-27-14-29(41)31(26-12-25(51-20-49-4)13-28(39)30(26)21-6-7-21)32(42)33(27)43-35(44-34)50-19-38-10-5-11-46(38)16-22(40)15-38/h12-14,21-24H,5-11,15-20H2,1-4H3/t22-,23?,24?,38+/m1/s1. The van der Waals surface area contributed by atoms with E-state index in [-0.39, 0.29) is 60.0 Å². The third-order valence-electron chi connectivity index (χ3n) is 11.2. The van der Waals surface area contributed by atoms with E-state index in [1.807, 2.05) is 25.7 Å². The number of amides is 1. The van der Waals surface area contributed by atoms with Gasteiger partial charge in [-0.2, -0.15) is 9.97 Å². The number of carbonyl (C=O) groups excluding carboxylic acids is 1. The largest absolute Gasteiger partial charge is 0.467 e. The maximum absolute atomic E-state index is 17.2. The van der Waals surface area contributed by atoms with Crippen molar-refractivity contribution in [1.29, 1.82) is 0 Å². The van der Waals surface area contributed by atoms with Crippen molar-refractivity contribution in [3.8, 4) is 22.9 Å². The number of alkyl halides is 1. The summed E-state index contributed by atoms with van der Waals surface area (Å²) in [5.41, 5.74) is -0.543.